The lowest BCUT2D eigenvalue weighted by molar-refractivity contribution is -0.123. The highest BCUT2D eigenvalue weighted by molar-refractivity contribution is 5.85. The normalized spacial score (nSPS) is 22.7. The molecular formula is C15H27ClN4O2. The molecule has 0 radical (unpaired) electrons. The minimum atomic E-state index is -0.339. The van der Waals surface area contributed by atoms with E-state index in [2.05, 4.69) is 15.7 Å². The van der Waals surface area contributed by atoms with Gasteiger partial charge in [-0.2, -0.15) is 5.10 Å². The lowest BCUT2D eigenvalue weighted by Crippen LogP contribution is -2.39. The second-order valence-electron chi connectivity index (χ2n) is 5.79. The summed E-state index contributed by atoms with van der Waals surface area (Å²) in [6.07, 6.45) is 8.42. The summed E-state index contributed by atoms with van der Waals surface area (Å²) in [6, 6.07) is -0.339. The van der Waals surface area contributed by atoms with Crippen molar-refractivity contribution in [1.29, 1.82) is 0 Å². The average Bonchev–Trinajstić information content (AvgIpc) is 2.92. The van der Waals surface area contributed by atoms with Crippen molar-refractivity contribution in [2.24, 2.45) is 13.0 Å². The Balaban J connectivity index is 0.00000242. The van der Waals surface area contributed by atoms with Crippen LogP contribution in [0.5, 0.6) is 0 Å². The molecule has 7 heteroatoms. The Kier molecular flexibility index (Phi) is 7.85. The summed E-state index contributed by atoms with van der Waals surface area (Å²) in [6.45, 7) is 0.744. The number of nitrogens with one attached hydrogen (secondary N) is 2. The molecule has 2 rings (SSSR count). The monoisotopic (exact) mass is 330 g/mol. The molecule has 1 fully saturated rings. The highest BCUT2D eigenvalue weighted by Crippen LogP contribution is 2.25. The molecule has 126 valence electrons. The first-order valence-corrected chi connectivity index (χ1v) is 7.60. The van der Waals surface area contributed by atoms with E-state index in [0.717, 1.165) is 37.8 Å². The van der Waals surface area contributed by atoms with Crippen LogP contribution < -0.4 is 10.6 Å². The fourth-order valence-corrected chi connectivity index (χ4v) is 2.96. The number of methoxy groups -OCH3 is 1. The number of hydrogen-bond acceptors (Lipinski definition) is 4. The Labute approximate surface area is 138 Å². The topological polar surface area (TPSA) is 68.2 Å². The van der Waals surface area contributed by atoms with E-state index in [-0.39, 0.29) is 24.4 Å². The number of halogens is 1. The van der Waals surface area contributed by atoms with Gasteiger partial charge in [-0.05, 0) is 38.6 Å². The molecule has 2 N–H and O–H groups in total. The Hall–Kier alpha value is -1.11. The molecule has 1 saturated carbocycles. The molecular weight excluding hydrogens is 304 g/mol. The van der Waals surface area contributed by atoms with Crippen LogP contribution >= 0.6 is 12.4 Å². The van der Waals surface area contributed by atoms with E-state index in [0.29, 0.717) is 12.0 Å². The van der Waals surface area contributed by atoms with Crippen molar-refractivity contribution in [2.45, 2.75) is 37.8 Å². The van der Waals surface area contributed by atoms with Gasteiger partial charge in [0.2, 0.25) is 5.91 Å². The Morgan fingerprint density at radius 1 is 1.45 bits per heavy atom. The molecule has 1 atom stereocenters. The van der Waals surface area contributed by atoms with Gasteiger partial charge in [-0.15, -0.1) is 12.4 Å². The second-order valence-corrected chi connectivity index (χ2v) is 5.79. The van der Waals surface area contributed by atoms with E-state index in [9.17, 15) is 4.79 Å². The van der Waals surface area contributed by atoms with Crippen LogP contribution in [0.1, 0.15) is 37.3 Å². The van der Waals surface area contributed by atoms with Gasteiger partial charge in [0.25, 0.3) is 0 Å². The van der Waals surface area contributed by atoms with E-state index in [4.69, 9.17) is 4.74 Å². The van der Waals surface area contributed by atoms with Crippen LogP contribution in [0.2, 0.25) is 0 Å². The third-order valence-electron chi connectivity index (χ3n) is 4.30. The minimum Gasteiger partial charge on any atom is -0.381 e. The Morgan fingerprint density at radius 2 is 2.14 bits per heavy atom. The predicted octanol–water partition coefficient (Wildman–Crippen LogP) is 1.42. The van der Waals surface area contributed by atoms with Gasteiger partial charge in [0.1, 0.15) is 6.04 Å². The van der Waals surface area contributed by atoms with Gasteiger partial charge in [-0.25, -0.2) is 0 Å². The second kappa shape index (κ2) is 9.12. The number of carbonyl (C=O) groups excluding carboxylic acids is 1. The lowest BCUT2D eigenvalue weighted by Gasteiger charge is -2.28. The third-order valence-corrected chi connectivity index (χ3v) is 4.30. The Morgan fingerprint density at radius 3 is 2.64 bits per heavy atom. The number of ether oxygens (including phenoxy) is 1. The van der Waals surface area contributed by atoms with Crippen molar-refractivity contribution >= 4 is 18.3 Å². The molecule has 1 aliphatic rings. The number of carbonyl (C=O) groups is 1. The highest BCUT2D eigenvalue weighted by Gasteiger charge is 2.24. The number of hydrogen-bond donors (Lipinski definition) is 2. The first kappa shape index (κ1) is 18.9. The van der Waals surface area contributed by atoms with Crippen LogP contribution in [0.25, 0.3) is 0 Å². The number of aromatic nitrogens is 2. The molecule has 1 unspecified atom stereocenters. The van der Waals surface area contributed by atoms with Gasteiger partial charge in [0, 0.05) is 32.5 Å². The van der Waals surface area contributed by atoms with Gasteiger partial charge < -0.3 is 15.4 Å². The van der Waals surface area contributed by atoms with Crippen molar-refractivity contribution in [1.82, 2.24) is 20.4 Å². The van der Waals surface area contributed by atoms with Crippen molar-refractivity contribution < 1.29 is 9.53 Å². The maximum atomic E-state index is 12.3. The minimum absolute atomic E-state index is 0. The van der Waals surface area contributed by atoms with Crippen molar-refractivity contribution in [3.05, 3.63) is 18.0 Å². The summed E-state index contributed by atoms with van der Waals surface area (Å²) >= 11 is 0. The van der Waals surface area contributed by atoms with Gasteiger partial charge in [-0.1, -0.05) is 0 Å². The number of amides is 1. The first-order valence-electron chi connectivity index (χ1n) is 7.60. The maximum absolute atomic E-state index is 12.3. The van der Waals surface area contributed by atoms with E-state index >= 15 is 0 Å². The SMILES string of the molecule is CNC(C(=O)NCC1CCC(OC)CC1)c1cnn(C)c1.Cl. The molecule has 22 heavy (non-hydrogen) atoms. The van der Waals surface area contributed by atoms with Crippen molar-refractivity contribution in [3.8, 4) is 0 Å². The van der Waals surface area contributed by atoms with E-state index in [1.807, 2.05) is 13.2 Å². The fraction of sp³-hybridized carbons (Fsp3) is 0.733. The van der Waals surface area contributed by atoms with Crippen LogP contribution in [-0.4, -0.2) is 42.5 Å². The molecule has 1 amide bonds. The molecule has 1 aromatic heterocycles. The van der Waals surface area contributed by atoms with Crippen LogP contribution in [0.4, 0.5) is 0 Å². The lowest BCUT2D eigenvalue weighted by atomic mass is 9.87. The summed E-state index contributed by atoms with van der Waals surface area (Å²) in [4.78, 5) is 12.3. The van der Waals surface area contributed by atoms with Gasteiger partial charge in [0.05, 0.1) is 12.3 Å². The predicted molar refractivity (Wildman–Crippen MR) is 88.0 cm³/mol. The molecule has 0 spiro atoms. The number of nitrogens with zero attached hydrogens (tertiary/aromatic N) is 2. The number of likely N-dealkylation sites (N-methyl/N-ethyl adjacent to an activating group) is 1. The van der Waals surface area contributed by atoms with Crippen LogP contribution in [0.3, 0.4) is 0 Å². The van der Waals surface area contributed by atoms with Crippen LogP contribution in [0.15, 0.2) is 12.4 Å². The fourth-order valence-electron chi connectivity index (χ4n) is 2.96. The third kappa shape index (κ3) is 4.97. The van der Waals surface area contributed by atoms with Crippen molar-refractivity contribution in [2.75, 3.05) is 20.7 Å². The average molecular weight is 331 g/mol. The Bertz CT molecular complexity index is 458. The molecule has 0 aliphatic heterocycles. The smallest absolute Gasteiger partial charge is 0.241 e. The summed E-state index contributed by atoms with van der Waals surface area (Å²) in [5.74, 6) is 0.575. The zero-order valence-corrected chi connectivity index (χ0v) is 14.4. The van der Waals surface area contributed by atoms with E-state index in [1.54, 1.807) is 25.0 Å². The molecule has 1 aliphatic carbocycles. The molecule has 0 bridgehead atoms. The molecule has 0 aromatic carbocycles. The molecule has 1 heterocycles. The van der Waals surface area contributed by atoms with Crippen LogP contribution in [-0.2, 0) is 16.6 Å². The van der Waals surface area contributed by atoms with E-state index < -0.39 is 0 Å². The zero-order chi connectivity index (χ0) is 15.2. The standard InChI is InChI=1S/C15H26N4O2.ClH/c1-16-14(12-9-18-19(2)10-12)15(20)17-8-11-4-6-13(21-3)7-5-11;/h9-11,13-14,16H,4-8H2,1-3H3,(H,17,20);1H. The molecule has 6 nitrogen and oxygen atoms in total. The summed E-state index contributed by atoms with van der Waals surface area (Å²) < 4.78 is 7.08. The summed E-state index contributed by atoms with van der Waals surface area (Å²) in [5, 5.41) is 10.2. The maximum Gasteiger partial charge on any atom is 0.241 e. The first-order chi connectivity index (χ1) is 10.1. The quantitative estimate of drug-likeness (QED) is 0.828. The van der Waals surface area contributed by atoms with Gasteiger partial charge in [0.15, 0.2) is 0 Å². The number of rotatable bonds is 6. The van der Waals surface area contributed by atoms with Crippen molar-refractivity contribution in [3.63, 3.8) is 0 Å². The summed E-state index contributed by atoms with van der Waals surface area (Å²) in [5.41, 5.74) is 0.889. The number of aryl methyl sites for hydroxylation is 1. The van der Waals surface area contributed by atoms with Gasteiger partial charge >= 0.3 is 0 Å². The highest BCUT2D eigenvalue weighted by atomic mass is 35.5. The molecule has 0 saturated heterocycles. The molecule has 1 aromatic rings. The summed E-state index contributed by atoms with van der Waals surface area (Å²) in [7, 11) is 5.42. The van der Waals surface area contributed by atoms with Gasteiger partial charge in [-0.3, -0.25) is 9.48 Å². The zero-order valence-electron chi connectivity index (χ0n) is 13.5. The van der Waals surface area contributed by atoms with E-state index in [1.165, 1.54) is 0 Å². The largest absolute Gasteiger partial charge is 0.381 e. The van der Waals surface area contributed by atoms with Crippen LogP contribution in [0, 0.1) is 5.92 Å².